The van der Waals surface area contributed by atoms with Crippen LogP contribution in [0.1, 0.15) is 0 Å². The molecule has 94 valence electrons. The van der Waals surface area contributed by atoms with Crippen LogP contribution < -0.4 is 5.01 Å². The molecule has 0 amide bonds. The van der Waals surface area contributed by atoms with Crippen molar-refractivity contribution in [2.24, 2.45) is 5.41 Å². The van der Waals surface area contributed by atoms with Gasteiger partial charge < -0.3 is 9.84 Å². The number of carbonyl (C=O) groups excluding carboxylic acids is 1. The second-order valence-corrected chi connectivity index (χ2v) is 3.74. The summed E-state index contributed by atoms with van der Waals surface area (Å²) in [5.74, 6) is -2.09. The number of carbonyl (C=O) groups is 2. The molecule has 1 aromatic rings. The van der Waals surface area contributed by atoms with Gasteiger partial charge >= 0.3 is 11.9 Å². The van der Waals surface area contributed by atoms with E-state index in [9.17, 15) is 14.7 Å². The van der Waals surface area contributed by atoms with Gasteiger partial charge in [-0.15, -0.1) is 0 Å². The van der Waals surface area contributed by atoms with Gasteiger partial charge in [-0.25, -0.2) is 0 Å². The van der Waals surface area contributed by atoms with Crippen LogP contribution in [-0.2, 0) is 14.3 Å². The molecule has 1 aliphatic rings. The summed E-state index contributed by atoms with van der Waals surface area (Å²) >= 11 is 0. The number of methoxy groups -OCH3 is 1. The first kappa shape index (κ1) is 12.0. The molecular weight excluding hydrogens is 236 g/mol. The number of hydrogen-bond acceptors (Lipinski definition) is 4. The normalized spacial score (nSPS) is 16.6. The average molecular weight is 248 g/mol. The molecule has 0 radical (unpaired) electrons. The molecule has 0 atom stereocenters. The van der Waals surface area contributed by atoms with Crippen molar-refractivity contribution in [3.63, 3.8) is 0 Å². The summed E-state index contributed by atoms with van der Waals surface area (Å²) in [6.07, 6.45) is 9.18. The highest BCUT2D eigenvalue weighted by molar-refractivity contribution is 6.04. The van der Waals surface area contributed by atoms with Crippen molar-refractivity contribution in [2.75, 3.05) is 12.1 Å². The van der Waals surface area contributed by atoms with Crippen molar-refractivity contribution in [3.05, 3.63) is 49.1 Å². The van der Waals surface area contributed by atoms with E-state index in [0.29, 0.717) is 0 Å². The summed E-state index contributed by atoms with van der Waals surface area (Å²) in [4.78, 5) is 22.8. The monoisotopic (exact) mass is 248 g/mol. The highest BCUT2D eigenvalue weighted by Gasteiger charge is 2.44. The number of rotatable bonds is 3. The molecule has 6 nitrogen and oxygen atoms in total. The SMILES string of the molecule is COC(=O)C1(C(=O)O)C=CN(n2cccc2)C=C1. The summed E-state index contributed by atoms with van der Waals surface area (Å²) in [7, 11) is 1.16. The van der Waals surface area contributed by atoms with Crippen LogP contribution in [0.5, 0.6) is 0 Å². The summed E-state index contributed by atoms with van der Waals surface area (Å²) in [5.41, 5.74) is -1.75. The fraction of sp³-hybridized carbons (Fsp3) is 0.167. The Labute approximate surface area is 103 Å². The third kappa shape index (κ3) is 1.77. The Bertz CT molecular complexity index is 502. The highest BCUT2D eigenvalue weighted by Crippen LogP contribution is 2.27. The van der Waals surface area contributed by atoms with E-state index in [4.69, 9.17) is 0 Å². The van der Waals surface area contributed by atoms with Gasteiger partial charge in [-0.1, -0.05) is 0 Å². The fourth-order valence-corrected chi connectivity index (χ4v) is 1.66. The molecule has 0 saturated carbocycles. The van der Waals surface area contributed by atoms with E-state index in [2.05, 4.69) is 4.74 Å². The summed E-state index contributed by atoms with van der Waals surface area (Å²) in [6.45, 7) is 0. The Morgan fingerprint density at radius 1 is 1.17 bits per heavy atom. The van der Waals surface area contributed by atoms with Gasteiger partial charge in [-0.05, 0) is 24.3 Å². The van der Waals surface area contributed by atoms with E-state index in [0.717, 1.165) is 7.11 Å². The molecule has 6 heteroatoms. The van der Waals surface area contributed by atoms with Crippen LogP contribution in [0.25, 0.3) is 0 Å². The van der Waals surface area contributed by atoms with Crippen molar-refractivity contribution in [2.45, 2.75) is 0 Å². The first-order chi connectivity index (χ1) is 8.60. The Kier molecular flexibility index (Phi) is 2.93. The third-order valence-electron chi connectivity index (χ3n) is 2.71. The Morgan fingerprint density at radius 3 is 2.17 bits per heavy atom. The van der Waals surface area contributed by atoms with E-state index in [-0.39, 0.29) is 0 Å². The van der Waals surface area contributed by atoms with Gasteiger partial charge in [0.05, 0.1) is 7.11 Å². The van der Waals surface area contributed by atoms with Gasteiger partial charge in [-0.3, -0.25) is 19.3 Å². The van der Waals surface area contributed by atoms with Crippen LogP contribution in [0.2, 0.25) is 0 Å². The van der Waals surface area contributed by atoms with E-state index < -0.39 is 17.4 Å². The quantitative estimate of drug-likeness (QED) is 0.630. The highest BCUT2D eigenvalue weighted by atomic mass is 16.5. The predicted octanol–water partition coefficient (Wildman–Crippen LogP) is 0.711. The lowest BCUT2D eigenvalue weighted by atomic mass is 9.87. The minimum absolute atomic E-state index is 0.824. The number of ether oxygens (including phenoxy) is 1. The molecule has 0 aromatic carbocycles. The first-order valence-electron chi connectivity index (χ1n) is 5.22. The number of esters is 1. The van der Waals surface area contributed by atoms with Crippen LogP contribution in [-0.4, -0.2) is 28.8 Å². The van der Waals surface area contributed by atoms with Gasteiger partial charge in [0, 0.05) is 24.8 Å². The lowest BCUT2D eigenvalue weighted by Gasteiger charge is -2.27. The lowest BCUT2D eigenvalue weighted by Crippen LogP contribution is -2.40. The Balaban J connectivity index is 2.30. The summed E-state index contributed by atoms with van der Waals surface area (Å²) in [5, 5.41) is 10.8. The average Bonchev–Trinajstić information content (AvgIpc) is 2.91. The van der Waals surface area contributed by atoms with Crippen molar-refractivity contribution in [1.29, 1.82) is 0 Å². The molecule has 0 saturated heterocycles. The zero-order chi connectivity index (χ0) is 13.2. The minimum Gasteiger partial charge on any atom is -0.480 e. The van der Waals surface area contributed by atoms with Crippen molar-refractivity contribution in [1.82, 2.24) is 4.68 Å². The van der Waals surface area contributed by atoms with Gasteiger partial charge in [-0.2, -0.15) is 0 Å². The zero-order valence-corrected chi connectivity index (χ0v) is 9.69. The molecule has 0 bridgehead atoms. The van der Waals surface area contributed by atoms with Crippen LogP contribution in [0, 0.1) is 5.41 Å². The molecule has 1 aromatic heterocycles. The molecule has 1 N–H and O–H groups in total. The first-order valence-corrected chi connectivity index (χ1v) is 5.22. The molecular formula is C12H12N2O4. The number of hydrogen-bond donors (Lipinski definition) is 1. The maximum atomic E-state index is 11.6. The van der Waals surface area contributed by atoms with Crippen LogP contribution >= 0.6 is 0 Å². The molecule has 18 heavy (non-hydrogen) atoms. The van der Waals surface area contributed by atoms with Gasteiger partial charge in [0.2, 0.25) is 5.41 Å². The number of nitrogens with zero attached hydrogens (tertiary/aromatic N) is 2. The summed E-state index contributed by atoms with van der Waals surface area (Å²) < 4.78 is 6.26. The lowest BCUT2D eigenvalue weighted by molar-refractivity contribution is -0.159. The van der Waals surface area contributed by atoms with E-state index in [1.807, 2.05) is 12.1 Å². The molecule has 0 aliphatic carbocycles. The molecule has 1 aliphatic heterocycles. The second kappa shape index (κ2) is 4.40. The van der Waals surface area contributed by atoms with Crippen LogP contribution in [0.3, 0.4) is 0 Å². The number of aromatic nitrogens is 1. The maximum Gasteiger partial charge on any atom is 0.331 e. The van der Waals surface area contributed by atoms with E-state index >= 15 is 0 Å². The van der Waals surface area contributed by atoms with Crippen molar-refractivity contribution in [3.8, 4) is 0 Å². The molecule has 0 fully saturated rings. The zero-order valence-electron chi connectivity index (χ0n) is 9.69. The van der Waals surface area contributed by atoms with Crippen LogP contribution in [0.15, 0.2) is 49.1 Å². The Morgan fingerprint density at radius 2 is 1.72 bits per heavy atom. The standard InChI is InChI=1S/C12H12N2O4/c1-18-11(17)12(10(15)16)4-8-14(9-5-12)13-6-2-3-7-13/h2-9H,1H3,(H,15,16). The molecule has 0 unspecified atom stereocenters. The predicted molar refractivity (Wildman–Crippen MR) is 63.0 cm³/mol. The third-order valence-corrected chi connectivity index (χ3v) is 2.71. The Hall–Kier alpha value is -2.50. The number of aliphatic carboxylic acids is 1. The van der Waals surface area contributed by atoms with Gasteiger partial charge in [0.1, 0.15) is 0 Å². The van der Waals surface area contributed by atoms with Crippen LogP contribution in [0.4, 0.5) is 0 Å². The summed E-state index contributed by atoms with van der Waals surface area (Å²) in [6, 6.07) is 3.67. The fourth-order valence-electron chi connectivity index (χ4n) is 1.66. The number of carboxylic acids is 1. The number of carboxylic acid groups (broad SMARTS) is 1. The topological polar surface area (TPSA) is 71.8 Å². The van der Waals surface area contributed by atoms with E-state index in [1.54, 1.807) is 22.1 Å². The van der Waals surface area contributed by atoms with E-state index in [1.165, 1.54) is 24.6 Å². The molecule has 2 rings (SSSR count). The smallest absolute Gasteiger partial charge is 0.331 e. The minimum atomic E-state index is -1.75. The van der Waals surface area contributed by atoms with Gasteiger partial charge in [0.15, 0.2) is 0 Å². The second-order valence-electron chi connectivity index (χ2n) is 3.74. The van der Waals surface area contributed by atoms with Gasteiger partial charge in [0.25, 0.3) is 0 Å². The molecule has 0 spiro atoms. The maximum absolute atomic E-state index is 11.6. The largest absolute Gasteiger partial charge is 0.480 e. The van der Waals surface area contributed by atoms with Crippen molar-refractivity contribution >= 4 is 11.9 Å². The van der Waals surface area contributed by atoms with Crippen molar-refractivity contribution < 1.29 is 19.4 Å². The molecule has 2 heterocycles.